The second-order valence-corrected chi connectivity index (χ2v) is 4.77. The van der Waals surface area contributed by atoms with E-state index >= 15 is 0 Å². The first-order chi connectivity index (χ1) is 7.66. The van der Waals surface area contributed by atoms with Gasteiger partial charge in [-0.1, -0.05) is 17.7 Å². The number of carbonyl (C=O) groups excluding carboxylic acids is 1. The maximum absolute atomic E-state index is 11.6. The molecular weight excluding hydrogens is 198 g/mol. The Morgan fingerprint density at radius 1 is 1.31 bits per heavy atom. The van der Waals surface area contributed by atoms with Gasteiger partial charge in [-0.05, 0) is 31.9 Å². The van der Waals surface area contributed by atoms with Gasteiger partial charge in [-0.3, -0.25) is 4.79 Å². The number of Topliss-reactive ketones (excluding diaryl/α,β-unsaturated/α-hetero) is 1. The van der Waals surface area contributed by atoms with Crippen molar-refractivity contribution in [3.8, 4) is 0 Å². The van der Waals surface area contributed by atoms with Crippen LogP contribution in [-0.4, -0.2) is 19.4 Å². The van der Waals surface area contributed by atoms with Crippen molar-refractivity contribution in [1.82, 2.24) is 0 Å². The average molecular weight is 217 g/mol. The first-order valence-corrected chi connectivity index (χ1v) is 5.97. The number of nitrogens with zero attached hydrogens (tertiary/aromatic N) is 1. The lowest BCUT2D eigenvalue weighted by atomic mass is 10.1. The van der Waals surface area contributed by atoms with Crippen LogP contribution in [0.15, 0.2) is 24.3 Å². The van der Waals surface area contributed by atoms with Crippen molar-refractivity contribution in [3.63, 3.8) is 0 Å². The molecule has 1 aliphatic rings. The summed E-state index contributed by atoms with van der Waals surface area (Å²) in [5.41, 5.74) is 2.47. The first-order valence-electron chi connectivity index (χ1n) is 5.97. The van der Waals surface area contributed by atoms with Gasteiger partial charge in [-0.15, -0.1) is 0 Å². The van der Waals surface area contributed by atoms with Gasteiger partial charge >= 0.3 is 0 Å². The van der Waals surface area contributed by atoms with Gasteiger partial charge in [0.2, 0.25) is 0 Å². The number of anilines is 1. The molecule has 1 fully saturated rings. The van der Waals surface area contributed by atoms with Crippen LogP contribution in [0.3, 0.4) is 0 Å². The summed E-state index contributed by atoms with van der Waals surface area (Å²) in [4.78, 5) is 13.8. The molecule has 0 amide bonds. The highest BCUT2D eigenvalue weighted by molar-refractivity contribution is 5.83. The smallest absolute Gasteiger partial charge is 0.137 e. The van der Waals surface area contributed by atoms with E-state index in [4.69, 9.17) is 0 Å². The highest BCUT2D eigenvalue weighted by Gasteiger charge is 2.25. The number of carbonyl (C=O) groups is 1. The van der Waals surface area contributed by atoms with Crippen molar-refractivity contribution >= 4 is 11.5 Å². The van der Waals surface area contributed by atoms with Gasteiger partial charge in [-0.25, -0.2) is 0 Å². The zero-order valence-electron chi connectivity index (χ0n) is 10.1. The molecule has 0 saturated heterocycles. The Hall–Kier alpha value is -1.31. The Morgan fingerprint density at radius 3 is 2.56 bits per heavy atom. The number of rotatable bonds is 3. The molecule has 1 saturated carbocycles. The molecule has 2 rings (SSSR count). The van der Waals surface area contributed by atoms with Gasteiger partial charge in [0.25, 0.3) is 0 Å². The van der Waals surface area contributed by atoms with E-state index in [2.05, 4.69) is 43.1 Å². The second kappa shape index (κ2) is 4.69. The summed E-state index contributed by atoms with van der Waals surface area (Å²) in [6, 6.07) is 8.47. The van der Waals surface area contributed by atoms with Gasteiger partial charge in [0.15, 0.2) is 0 Å². The zero-order chi connectivity index (χ0) is 11.5. The van der Waals surface area contributed by atoms with Crippen molar-refractivity contribution in [2.75, 3.05) is 18.5 Å². The minimum absolute atomic E-state index is 0.256. The van der Waals surface area contributed by atoms with Crippen molar-refractivity contribution < 1.29 is 4.79 Å². The molecule has 2 nitrogen and oxygen atoms in total. The maximum atomic E-state index is 11.6. The van der Waals surface area contributed by atoms with Crippen LogP contribution in [0.4, 0.5) is 5.69 Å². The number of ketones is 1. The van der Waals surface area contributed by atoms with Gasteiger partial charge in [0.1, 0.15) is 5.78 Å². The minimum atomic E-state index is 0.256. The van der Waals surface area contributed by atoms with Crippen LogP contribution < -0.4 is 4.90 Å². The lowest BCUT2D eigenvalue weighted by molar-refractivity contribution is -0.120. The molecule has 16 heavy (non-hydrogen) atoms. The molecule has 1 aliphatic carbocycles. The Morgan fingerprint density at radius 2 is 2.00 bits per heavy atom. The summed E-state index contributed by atoms with van der Waals surface area (Å²) in [6.07, 6.45) is 2.92. The van der Waals surface area contributed by atoms with E-state index in [1.165, 1.54) is 11.3 Å². The molecule has 1 unspecified atom stereocenters. The van der Waals surface area contributed by atoms with Crippen molar-refractivity contribution in [2.24, 2.45) is 5.92 Å². The van der Waals surface area contributed by atoms with Crippen molar-refractivity contribution in [1.29, 1.82) is 0 Å². The Balaban J connectivity index is 1.99. The third-order valence-corrected chi connectivity index (χ3v) is 3.40. The Kier molecular flexibility index (Phi) is 3.28. The molecule has 0 heterocycles. The van der Waals surface area contributed by atoms with Crippen LogP contribution in [0, 0.1) is 12.8 Å². The summed E-state index contributed by atoms with van der Waals surface area (Å²) >= 11 is 0. The number of aryl methyl sites for hydroxylation is 1. The molecule has 86 valence electrons. The van der Waals surface area contributed by atoms with Crippen LogP contribution in [0.1, 0.15) is 24.8 Å². The molecule has 0 bridgehead atoms. The minimum Gasteiger partial charge on any atom is -0.374 e. The lowest BCUT2D eigenvalue weighted by Crippen LogP contribution is -2.27. The molecule has 0 aromatic heterocycles. The van der Waals surface area contributed by atoms with Crippen LogP contribution in [0.2, 0.25) is 0 Å². The fourth-order valence-corrected chi connectivity index (χ4v) is 2.32. The highest BCUT2D eigenvalue weighted by atomic mass is 16.1. The van der Waals surface area contributed by atoms with E-state index < -0.39 is 0 Å². The Bertz CT molecular complexity index is 369. The van der Waals surface area contributed by atoms with E-state index in [0.29, 0.717) is 5.78 Å². The van der Waals surface area contributed by atoms with E-state index in [-0.39, 0.29) is 5.92 Å². The topological polar surface area (TPSA) is 20.3 Å². The second-order valence-electron chi connectivity index (χ2n) is 4.77. The molecule has 0 N–H and O–H groups in total. The normalized spacial score (nSPS) is 20.1. The molecule has 0 radical (unpaired) electrons. The van der Waals surface area contributed by atoms with Gasteiger partial charge < -0.3 is 4.90 Å². The van der Waals surface area contributed by atoms with Crippen LogP contribution in [0.25, 0.3) is 0 Å². The average Bonchev–Trinajstić information content (AvgIpc) is 2.65. The summed E-state index contributed by atoms with van der Waals surface area (Å²) in [5.74, 6) is 0.699. The quantitative estimate of drug-likeness (QED) is 0.776. The summed E-state index contributed by atoms with van der Waals surface area (Å²) in [7, 11) is 2.07. The largest absolute Gasteiger partial charge is 0.374 e. The van der Waals surface area contributed by atoms with Crippen molar-refractivity contribution in [3.05, 3.63) is 29.8 Å². The third-order valence-electron chi connectivity index (χ3n) is 3.40. The van der Waals surface area contributed by atoms with Crippen LogP contribution >= 0.6 is 0 Å². The van der Waals surface area contributed by atoms with E-state index in [1.807, 2.05) is 0 Å². The number of hydrogen-bond donors (Lipinski definition) is 0. The monoisotopic (exact) mass is 217 g/mol. The van der Waals surface area contributed by atoms with E-state index in [1.54, 1.807) is 0 Å². The predicted octanol–water partition coefficient (Wildman–Crippen LogP) is 2.80. The van der Waals surface area contributed by atoms with Crippen molar-refractivity contribution in [2.45, 2.75) is 26.2 Å². The SMILES string of the molecule is Cc1ccc(N(C)CC2CCCC2=O)cc1. The summed E-state index contributed by atoms with van der Waals surface area (Å²) in [6.45, 7) is 2.95. The summed E-state index contributed by atoms with van der Waals surface area (Å²) < 4.78 is 0. The molecule has 1 aromatic carbocycles. The van der Waals surface area contributed by atoms with Gasteiger partial charge in [-0.2, -0.15) is 0 Å². The predicted molar refractivity (Wildman–Crippen MR) is 66.8 cm³/mol. The molecule has 0 aliphatic heterocycles. The summed E-state index contributed by atoms with van der Waals surface area (Å²) in [5, 5.41) is 0. The van der Waals surface area contributed by atoms with E-state index in [9.17, 15) is 4.79 Å². The maximum Gasteiger partial charge on any atom is 0.137 e. The van der Waals surface area contributed by atoms with Crippen LogP contribution in [-0.2, 0) is 4.79 Å². The molecule has 1 atom stereocenters. The molecule has 0 spiro atoms. The third kappa shape index (κ3) is 2.43. The fourth-order valence-electron chi connectivity index (χ4n) is 2.32. The molecule has 2 heteroatoms. The highest BCUT2D eigenvalue weighted by Crippen LogP contribution is 2.24. The fraction of sp³-hybridized carbons (Fsp3) is 0.500. The van der Waals surface area contributed by atoms with Gasteiger partial charge in [0, 0.05) is 31.6 Å². The first kappa shape index (κ1) is 11.2. The number of benzene rings is 1. The number of hydrogen-bond acceptors (Lipinski definition) is 2. The lowest BCUT2D eigenvalue weighted by Gasteiger charge is -2.22. The van der Waals surface area contributed by atoms with E-state index in [0.717, 1.165) is 25.8 Å². The standard InChI is InChI=1S/C14H19NO/c1-11-6-8-13(9-7-11)15(2)10-12-4-3-5-14(12)16/h6-9,12H,3-5,10H2,1-2H3. The molecule has 1 aromatic rings. The van der Waals surface area contributed by atoms with Crippen LogP contribution in [0.5, 0.6) is 0 Å². The van der Waals surface area contributed by atoms with Gasteiger partial charge in [0.05, 0.1) is 0 Å². The molecular formula is C14H19NO. The Labute approximate surface area is 97.3 Å². The zero-order valence-corrected chi connectivity index (χ0v) is 10.1.